The van der Waals surface area contributed by atoms with Gasteiger partial charge in [-0.2, -0.15) is 0 Å². The summed E-state index contributed by atoms with van der Waals surface area (Å²) >= 11 is 1.62. The topological polar surface area (TPSA) is 47.6 Å². The Morgan fingerprint density at radius 1 is 1.08 bits per heavy atom. The Labute approximate surface area is 160 Å². The molecule has 0 bridgehead atoms. The van der Waals surface area contributed by atoms with E-state index in [2.05, 4.69) is 37.4 Å². The zero-order chi connectivity index (χ0) is 19.1. The van der Waals surface area contributed by atoms with Crippen molar-refractivity contribution < 1.29 is 14.3 Å². The van der Waals surface area contributed by atoms with Crippen molar-refractivity contribution in [1.29, 1.82) is 0 Å². The summed E-state index contributed by atoms with van der Waals surface area (Å²) in [6, 6.07) is 11.9. The number of ether oxygens (including phenoxy) is 2. The zero-order valence-corrected chi connectivity index (χ0v) is 16.9. The van der Waals surface area contributed by atoms with Gasteiger partial charge in [0, 0.05) is 11.3 Å². The Morgan fingerprint density at radius 2 is 1.77 bits per heavy atom. The molecular formula is C21H27NO3S. The fourth-order valence-corrected chi connectivity index (χ4v) is 3.73. The van der Waals surface area contributed by atoms with Crippen LogP contribution in [0.2, 0.25) is 0 Å². The highest BCUT2D eigenvalue weighted by Crippen LogP contribution is 2.29. The van der Waals surface area contributed by atoms with Crippen molar-refractivity contribution in [3.8, 4) is 11.5 Å². The monoisotopic (exact) mass is 373 g/mol. The molecule has 0 aliphatic heterocycles. The maximum absolute atomic E-state index is 12.3. The van der Waals surface area contributed by atoms with E-state index in [0.29, 0.717) is 5.75 Å². The zero-order valence-electron chi connectivity index (χ0n) is 16.1. The summed E-state index contributed by atoms with van der Waals surface area (Å²) in [5, 5.41) is 3.04. The van der Waals surface area contributed by atoms with E-state index in [0.717, 1.165) is 22.8 Å². The number of methoxy groups -OCH3 is 2. The molecule has 0 saturated carbocycles. The first-order valence-corrected chi connectivity index (χ1v) is 9.74. The molecule has 0 fully saturated rings. The molecule has 0 spiro atoms. The summed E-state index contributed by atoms with van der Waals surface area (Å²) < 4.78 is 10.7. The van der Waals surface area contributed by atoms with Crippen LogP contribution < -0.4 is 14.8 Å². The van der Waals surface area contributed by atoms with Crippen LogP contribution in [0.15, 0.2) is 36.4 Å². The number of benzene rings is 2. The Balaban J connectivity index is 1.91. The average Bonchev–Trinajstić information content (AvgIpc) is 2.60. The number of hydrogen-bond donors (Lipinski definition) is 1. The van der Waals surface area contributed by atoms with E-state index in [1.165, 1.54) is 16.7 Å². The van der Waals surface area contributed by atoms with Gasteiger partial charge < -0.3 is 14.8 Å². The minimum absolute atomic E-state index is 0.0109. The van der Waals surface area contributed by atoms with Crippen LogP contribution in [0.5, 0.6) is 11.5 Å². The molecule has 5 heteroatoms. The van der Waals surface area contributed by atoms with Crippen molar-refractivity contribution in [1.82, 2.24) is 5.32 Å². The SMILES string of the molecule is COc1ccc(OC)c(C(C)NC(=O)CSCc2cc(C)cc(C)c2)c1. The van der Waals surface area contributed by atoms with Crippen molar-refractivity contribution in [2.75, 3.05) is 20.0 Å². The molecule has 0 saturated heterocycles. The second-order valence-corrected chi connectivity index (χ2v) is 7.37. The molecule has 0 aliphatic carbocycles. The fourth-order valence-electron chi connectivity index (χ4n) is 2.95. The van der Waals surface area contributed by atoms with Gasteiger partial charge in [-0.05, 0) is 44.5 Å². The van der Waals surface area contributed by atoms with Crippen LogP contribution in [0.4, 0.5) is 0 Å². The highest BCUT2D eigenvalue weighted by atomic mass is 32.2. The highest BCUT2D eigenvalue weighted by Gasteiger charge is 2.15. The summed E-state index contributed by atoms with van der Waals surface area (Å²) in [7, 11) is 3.25. The predicted molar refractivity (Wildman–Crippen MR) is 108 cm³/mol. The first-order chi connectivity index (χ1) is 12.4. The third-order valence-corrected chi connectivity index (χ3v) is 5.07. The molecule has 0 heterocycles. The highest BCUT2D eigenvalue weighted by molar-refractivity contribution is 7.99. The number of amides is 1. The summed E-state index contributed by atoms with van der Waals surface area (Å²) in [6.45, 7) is 6.14. The first-order valence-electron chi connectivity index (χ1n) is 8.59. The number of nitrogens with one attached hydrogen (secondary N) is 1. The Bertz CT molecular complexity index is 741. The minimum Gasteiger partial charge on any atom is -0.497 e. The van der Waals surface area contributed by atoms with Gasteiger partial charge in [-0.1, -0.05) is 29.3 Å². The van der Waals surface area contributed by atoms with Gasteiger partial charge >= 0.3 is 0 Å². The van der Waals surface area contributed by atoms with E-state index in [1.54, 1.807) is 26.0 Å². The third-order valence-electron chi connectivity index (χ3n) is 4.06. The van der Waals surface area contributed by atoms with Crippen molar-refractivity contribution >= 4 is 17.7 Å². The third kappa shape index (κ3) is 5.70. The Morgan fingerprint density at radius 3 is 2.38 bits per heavy atom. The maximum Gasteiger partial charge on any atom is 0.230 e. The van der Waals surface area contributed by atoms with E-state index >= 15 is 0 Å². The molecule has 0 radical (unpaired) electrons. The molecule has 1 unspecified atom stereocenters. The van der Waals surface area contributed by atoms with Crippen LogP contribution in [0.1, 0.15) is 35.2 Å². The second kappa shape index (κ2) is 9.53. The minimum atomic E-state index is -0.158. The van der Waals surface area contributed by atoms with Crippen LogP contribution >= 0.6 is 11.8 Å². The first kappa shape index (κ1) is 20.2. The number of hydrogen-bond acceptors (Lipinski definition) is 4. The standard InChI is InChI=1S/C21H27NO3S/c1-14-8-15(2)10-17(9-14)12-26-13-21(23)22-16(3)19-11-18(24-4)6-7-20(19)25-5/h6-11,16H,12-13H2,1-5H3,(H,22,23). The normalized spacial score (nSPS) is 11.7. The van der Waals surface area contributed by atoms with Crippen LogP contribution in [0.25, 0.3) is 0 Å². The van der Waals surface area contributed by atoms with E-state index in [9.17, 15) is 4.79 Å². The molecule has 140 valence electrons. The molecule has 1 N–H and O–H groups in total. The number of carbonyl (C=O) groups excluding carboxylic acids is 1. The lowest BCUT2D eigenvalue weighted by Crippen LogP contribution is -2.28. The summed E-state index contributed by atoms with van der Waals surface area (Å²) in [4.78, 5) is 12.3. The number of thioether (sulfide) groups is 1. The summed E-state index contributed by atoms with van der Waals surface area (Å²) in [6.07, 6.45) is 0. The molecule has 1 amide bonds. The molecule has 26 heavy (non-hydrogen) atoms. The van der Waals surface area contributed by atoms with Gasteiger partial charge in [0.05, 0.1) is 26.0 Å². The van der Waals surface area contributed by atoms with Gasteiger partial charge in [0.25, 0.3) is 0 Å². The maximum atomic E-state index is 12.3. The van der Waals surface area contributed by atoms with Gasteiger partial charge in [0.15, 0.2) is 0 Å². The van der Waals surface area contributed by atoms with Crippen LogP contribution in [-0.4, -0.2) is 25.9 Å². The van der Waals surface area contributed by atoms with Gasteiger partial charge in [0.2, 0.25) is 5.91 Å². The van der Waals surface area contributed by atoms with Crippen molar-refractivity contribution in [2.45, 2.75) is 32.6 Å². The van der Waals surface area contributed by atoms with Crippen LogP contribution in [0.3, 0.4) is 0 Å². The number of rotatable bonds is 8. The lowest BCUT2D eigenvalue weighted by Gasteiger charge is -2.18. The van der Waals surface area contributed by atoms with Gasteiger partial charge in [-0.15, -0.1) is 11.8 Å². The predicted octanol–water partition coefficient (Wildman–Crippen LogP) is 4.43. The average molecular weight is 374 g/mol. The van der Waals surface area contributed by atoms with E-state index < -0.39 is 0 Å². The Kier molecular flexibility index (Phi) is 7.39. The molecule has 2 rings (SSSR count). The second-order valence-electron chi connectivity index (χ2n) is 6.39. The van der Waals surface area contributed by atoms with Gasteiger partial charge in [-0.3, -0.25) is 4.79 Å². The van der Waals surface area contributed by atoms with Crippen molar-refractivity contribution in [2.24, 2.45) is 0 Å². The smallest absolute Gasteiger partial charge is 0.230 e. The molecule has 2 aromatic carbocycles. The number of carbonyl (C=O) groups is 1. The van der Waals surface area contributed by atoms with Crippen LogP contribution in [-0.2, 0) is 10.5 Å². The fraction of sp³-hybridized carbons (Fsp3) is 0.381. The van der Waals surface area contributed by atoms with E-state index in [-0.39, 0.29) is 11.9 Å². The van der Waals surface area contributed by atoms with E-state index in [1.807, 2.05) is 25.1 Å². The molecule has 4 nitrogen and oxygen atoms in total. The molecule has 1 atom stereocenters. The molecular weight excluding hydrogens is 346 g/mol. The van der Waals surface area contributed by atoms with E-state index in [4.69, 9.17) is 9.47 Å². The van der Waals surface area contributed by atoms with Gasteiger partial charge in [-0.25, -0.2) is 0 Å². The summed E-state index contributed by atoms with van der Waals surface area (Å²) in [5.41, 5.74) is 4.66. The molecule has 2 aromatic rings. The van der Waals surface area contributed by atoms with Crippen molar-refractivity contribution in [3.05, 3.63) is 58.7 Å². The summed E-state index contributed by atoms with van der Waals surface area (Å²) in [5.74, 6) is 2.74. The van der Waals surface area contributed by atoms with Crippen molar-refractivity contribution in [3.63, 3.8) is 0 Å². The molecule has 0 aliphatic rings. The van der Waals surface area contributed by atoms with Gasteiger partial charge in [0.1, 0.15) is 11.5 Å². The van der Waals surface area contributed by atoms with Crippen LogP contribution in [0, 0.1) is 13.8 Å². The lowest BCUT2D eigenvalue weighted by atomic mass is 10.1. The largest absolute Gasteiger partial charge is 0.497 e. The quantitative estimate of drug-likeness (QED) is 0.743. The molecule has 0 aromatic heterocycles. The Hall–Kier alpha value is -2.14. The lowest BCUT2D eigenvalue weighted by molar-refractivity contribution is -0.119. The number of aryl methyl sites for hydroxylation is 2.